The first-order valence-electron chi connectivity index (χ1n) is 6.72. The highest BCUT2D eigenvalue weighted by Crippen LogP contribution is 2.78. The van der Waals surface area contributed by atoms with Gasteiger partial charge in [-0.05, 0) is 30.6 Å². The Morgan fingerprint density at radius 1 is 1.19 bits per heavy atom. The van der Waals surface area contributed by atoms with Crippen LogP contribution in [0.3, 0.4) is 0 Å². The smallest absolute Gasteiger partial charge is 0.184 e. The van der Waals surface area contributed by atoms with Crippen molar-refractivity contribution in [3.05, 3.63) is 5.92 Å². The van der Waals surface area contributed by atoms with Crippen LogP contribution in [-0.4, -0.2) is 5.78 Å². The highest BCUT2D eigenvalue weighted by molar-refractivity contribution is 5.92. The van der Waals surface area contributed by atoms with Crippen molar-refractivity contribution >= 4 is 5.78 Å². The molecular formula is C15H23O+. The van der Waals surface area contributed by atoms with Crippen LogP contribution in [0, 0.1) is 28.1 Å². The molecule has 3 aliphatic carbocycles. The lowest BCUT2D eigenvalue weighted by molar-refractivity contribution is -0.128. The van der Waals surface area contributed by atoms with E-state index in [2.05, 4.69) is 27.7 Å². The van der Waals surface area contributed by atoms with Gasteiger partial charge in [0.2, 0.25) is 0 Å². The Hall–Kier alpha value is -0.460. The third kappa shape index (κ3) is 0.771. The Morgan fingerprint density at radius 3 is 2.50 bits per heavy atom. The third-order valence-corrected chi connectivity index (χ3v) is 6.81. The van der Waals surface area contributed by atoms with E-state index in [1.54, 1.807) is 0 Å². The van der Waals surface area contributed by atoms with Crippen molar-refractivity contribution in [2.75, 3.05) is 0 Å². The summed E-state index contributed by atoms with van der Waals surface area (Å²) in [7, 11) is 0. The molecule has 1 unspecified atom stereocenters. The third-order valence-electron chi connectivity index (χ3n) is 6.81. The Balaban J connectivity index is 2.21. The molecule has 0 aromatic rings. The molecule has 0 aromatic carbocycles. The molecule has 0 aromatic heterocycles. The second kappa shape index (κ2) is 2.68. The van der Waals surface area contributed by atoms with Gasteiger partial charge in [0, 0.05) is 18.3 Å². The molecule has 1 nitrogen and oxygen atoms in total. The molecule has 0 saturated heterocycles. The minimum Gasteiger partial charge on any atom is -0.294 e. The topological polar surface area (TPSA) is 17.1 Å². The average molecular weight is 219 g/mol. The maximum Gasteiger partial charge on any atom is 0.184 e. The second-order valence-corrected chi connectivity index (χ2v) is 7.03. The minimum absolute atomic E-state index is 0.0527. The van der Waals surface area contributed by atoms with E-state index in [-0.39, 0.29) is 10.8 Å². The molecule has 0 bridgehead atoms. The molecule has 0 heterocycles. The quantitative estimate of drug-likeness (QED) is 0.613. The molecule has 16 heavy (non-hydrogen) atoms. The summed E-state index contributed by atoms with van der Waals surface area (Å²) in [4.78, 5) is 12.5. The minimum atomic E-state index is -0.0527. The van der Waals surface area contributed by atoms with Gasteiger partial charge >= 0.3 is 0 Å². The summed E-state index contributed by atoms with van der Waals surface area (Å²) < 4.78 is 0. The first kappa shape index (κ1) is 10.7. The lowest BCUT2D eigenvalue weighted by Crippen LogP contribution is -2.45. The van der Waals surface area contributed by atoms with Gasteiger partial charge in [0.05, 0.1) is 19.8 Å². The first-order chi connectivity index (χ1) is 7.38. The molecule has 3 aliphatic rings. The molecule has 3 fully saturated rings. The Labute approximate surface area is 99.0 Å². The number of ketones is 1. The average Bonchev–Trinajstić information content (AvgIpc) is 2.68. The van der Waals surface area contributed by atoms with E-state index in [1.165, 1.54) is 25.2 Å². The van der Waals surface area contributed by atoms with Crippen molar-refractivity contribution in [2.45, 2.75) is 59.8 Å². The van der Waals surface area contributed by atoms with Gasteiger partial charge in [0.1, 0.15) is 0 Å². The summed E-state index contributed by atoms with van der Waals surface area (Å²) in [5, 5.41) is 0. The Kier molecular flexibility index (Phi) is 1.79. The number of hydrogen-bond acceptors (Lipinski definition) is 1. The highest BCUT2D eigenvalue weighted by Gasteiger charge is 2.80. The van der Waals surface area contributed by atoms with Gasteiger partial charge in [-0.2, -0.15) is 0 Å². The maximum atomic E-state index is 12.5. The predicted octanol–water partition coefficient (Wildman–Crippen LogP) is 3.78. The molecule has 3 rings (SSSR count). The maximum absolute atomic E-state index is 12.5. The zero-order chi connectivity index (χ0) is 11.8. The van der Waals surface area contributed by atoms with Crippen LogP contribution in [0.5, 0.6) is 0 Å². The lowest BCUT2D eigenvalue weighted by Gasteiger charge is -2.41. The van der Waals surface area contributed by atoms with E-state index < -0.39 is 0 Å². The molecule has 3 saturated carbocycles. The molecule has 0 amide bonds. The normalized spacial score (nSPS) is 54.5. The number of carbonyl (C=O) groups excluding carboxylic acids is 1. The molecule has 4 atom stereocenters. The van der Waals surface area contributed by atoms with Crippen molar-refractivity contribution in [2.24, 2.45) is 22.2 Å². The summed E-state index contributed by atoms with van der Waals surface area (Å²) in [6, 6.07) is 0. The summed E-state index contributed by atoms with van der Waals surface area (Å²) in [5.74, 6) is 2.61. The zero-order valence-electron chi connectivity index (χ0n) is 11.0. The van der Waals surface area contributed by atoms with Crippen LogP contribution in [0.4, 0.5) is 0 Å². The van der Waals surface area contributed by atoms with Crippen LogP contribution in [0.1, 0.15) is 59.8 Å². The Morgan fingerprint density at radius 2 is 1.88 bits per heavy atom. The summed E-state index contributed by atoms with van der Waals surface area (Å²) in [6.07, 6.45) is 5.87. The van der Waals surface area contributed by atoms with E-state index in [0.29, 0.717) is 17.1 Å². The van der Waals surface area contributed by atoms with E-state index in [4.69, 9.17) is 0 Å². The first-order valence-corrected chi connectivity index (χ1v) is 6.72. The van der Waals surface area contributed by atoms with Gasteiger partial charge in [-0.1, -0.05) is 13.8 Å². The summed E-state index contributed by atoms with van der Waals surface area (Å²) >= 11 is 0. The van der Waals surface area contributed by atoms with E-state index in [0.717, 1.165) is 12.8 Å². The van der Waals surface area contributed by atoms with Crippen molar-refractivity contribution < 1.29 is 4.79 Å². The van der Waals surface area contributed by atoms with Crippen molar-refractivity contribution in [1.82, 2.24) is 0 Å². The van der Waals surface area contributed by atoms with Gasteiger partial charge in [-0.3, -0.25) is 4.79 Å². The molecule has 88 valence electrons. The number of carbonyl (C=O) groups is 1. The zero-order valence-corrected chi connectivity index (χ0v) is 11.0. The van der Waals surface area contributed by atoms with E-state index in [9.17, 15) is 4.79 Å². The lowest BCUT2D eigenvalue weighted by atomic mass is 9.56. The highest BCUT2D eigenvalue weighted by atomic mass is 16.1. The van der Waals surface area contributed by atoms with E-state index in [1.807, 2.05) is 0 Å². The second-order valence-electron chi connectivity index (χ2n) is 7.03. The number of Topliss-reactive ketones (excluding diaryl/α,β-unsaturated/α-hetero) is 1. The van der Waals surface area contributed by atoms with Crippen molar-refractivity contribution in [3.63, 3.8) is 0 Å². The van der Waals surface area contributed by atoms with Crippen LogP contribution in [-0.2, 0) is 4.79 Å². The molecular weight excluding hydrogens is 196 g/mol. The van der Waals surface area contributed by atoms with Crippen molar-refractivity contribution in [3.8, 4) is 0 Å². The fourth-order valence-corrected chi connectivity index (χ4v) is 5.69. The van der Waals surface area contributed by atoms with Crippen LogP contribution in [0.15, 0.2) is 0 Å². The van der Waals surface area contributed by atoms with Gasteiger partial charge in [-0.15, -0.1) is 0 Å². The van der Waals surface area contributed by atoms with Gasteiger partial charge in [-0.25, -0.2) is 0 Å². The monoisotopic (exact) mass is 219 g/mol. The summed E-state index contributed by atoms with van der Waals surface area (Å²) in [5.41, 5.74) is 0.653. The van der Waals surface area contributed by atoms with Gasteiger partial charge in [0.15, 0.2) is 11.2 Å². The SMILES string of the molecule is C[C+](C)C12CC[C@]3(C)CC[C@H](CC1=O)[C@]23C. The molecule has 0 spiro atoms. The number of hydrogen-bond donors (Lipinski definition) is 0. The number of rotatable bonds is 1. The molecule has 0 N–H and O–H groups in total. The van der Waals surface area contributed by atoms with Crippen molar-refractivity contribution in [1.29, 1.82) is 0 Å². The Bertz CT molecular complexity index is 358. The predicted molar refractivity (Wildman–Crippen MR) is 64.8 cm³/mol. The van der Waals surface area contributed by atoms with E-state index >= 15 is 0 Å². The molecule has 0 radical (unpaired) electrons. The standard InChI is InChI=1S/C15H23O/c1-10(2)15-8-7-13(3)6-5-11(9-12(15)16)14(13,15)4/h11H,5-9H2,1-4H3/q+1/t11-,13+,14+,15?/m1/s1. The molecule has 1 heteroatoms. The largest absolute Gasteiger partial charge is 0.294 e. The fraction of sp³-hybridized carbons (Fsp3) is 0.867. The fourth-order valence-electron chi connectivity index (χ4n) is 5.69. The van der Waals surface area contributed by atoms with Crippen LogP contribution >= 0.6 is 0 Å². The van der Waals surface area contributed by atoms with Crippen LogP contribution in [0.25, 0.3) is 0 Å². The van der Waals surface area contributed by atoms with Gasteiger partial charge < -0.3 is 0 Å². The van der Waals surface area contributed by atoms with Crippen LogP contribution < -0.4 is 0 Å². The molecule has 0 aliphatic heterocycles. The van der Waals surface area contributed by atoms with Crippen LogP contribution in [0.2, 0.25) is 0 Å². The summed E-state index contributed by atoms with van der Waals surface area (Å²) in [6.45, 7) is 9.25. The van der Waals surface area contributed by atoms with Gasteiger partial charge in [0.25, 0.3) is 0 Å².